The van der Waals surface area contributed by atoms with E-state index in [0.29, 0.717) is 19.0 Å². The predicted molar refractivity (Wildman–Crippen MR) is 76.7 cm³/mol. The van der Waals surface area contributed by atoms with Crippen LogP contribution >= 0.6 is 11.6 Å². The highest BCUT2D eigenvalue weighted by Crippen LogP contribution is 2.24. The van der Waals surface area contributed by atoms with E-state index >= 15 is 0 Å². The Balaban J connectivity index is 2.25. The number of morpholine rings is 1. The van der Waals surface area contributed by atoms with Gasteiger partial charge in [-0.25, -0.2) is 4.39 Å². The molecule has 1 atom stereocenters. The second kappa shape index (κ2) is 5.70. The number of alkyl halides is 1. The Labute approximate surface area is 123 Å². The van der Waals surface area contributed by atoms with Crippen molar-refractivity contribution in [1.29, 1.82) is 0 Å². The Morgan fingerprint density at radius 2 is 2.25 bits per heavy atom. The SMILES string of the molecule is Cc1ccc(F)c(C(=O)N2CC(CCl)OC(C)(C)C2)c1. The van der Waals surface area contributed by atoms with Crippen molar-refractivity contribution in [3.8, 4) is 0 Å². The van der Waals surface area contributed by atoms with Crippen LogP contribution in [-0.4, -0.2) is 41.5 Å². The average molecular weight is 300 g/mol. The highest BCUT2D eigenvalue weighted by Gasteiger charge is 2.36. The van der Waals surface area contributed by atoms with Gasteiger partial charge in [0.15, 0.2) is 0 Å². The minimum Gasteiger partial charge on any atom is -0.367 e. The molecule has 0 radical (unpaired) electrons. The molecular formula is C15H19ClFNO2. The van der Waals surface area contributed by atoms with Gasteiger partial charge in [-0.1, -0.05) is 11.6 Å². The van der Waals surface area contributed by atoms with Crippen LogP contribution in [0.3, 0.4) is 0 Å². The molecule has 1 aromatic carbocycles. The van der Waals surface area contributed by atoms with E-state index in [4.69, 9.17) is 16.3 Å². The van der Waals surface area contributed by atoms with Crippen molar-refractivity contribution in [2.75, 3.05) is 19.0 Å². The summed E-state index contributed by atoms with van der Waals surface area (Å²) in [5, 5.41) is 0. The molecule has 0 aliphatic carbocycles. The number of aryl methyl sites for hydroxylation is 1. The summed E-state index contributed by atoms with van der Waals surface area (Å²) >= 11 is 5.84. The first kappa shape index (κ1) is 15.3. The Morgan fingerprint density at radius 1 is 1.55 bits per heavy atom. The van der Waals surface area contributed by atoms with E-state index in [0.717, 1.165) is 5.56 Å². The van der Waals surface area contributed by atoms with Crippen LogP contribution < -0.4 is 0 Å². The molecule has 2 rings (SSSR count). The van der Waals surface area contributed by atoms with Crippen LogP contribution in [0, 0.1) is 12.7 Å². The standard InChI is InChI=1S/C15H19ClFNO2/c1-10-4-5-13(17)12(6-10)14(19)18-8-11(7-16)20-15(2,3)9-18/h4-6,11H,7-9H2,1-3H3. The van der Waals surface area contributed by atoms with Crippen LogP contribution in [0.5, 0.6) is 0 Å². The van der Waals surface area contributed by atoms with Gasteiger partial charge < -0.3 is 9.64 Å². The number of nitrogens with zero attached hydrogens (tertiary/aromatic N) is 1. The van der Waals surface area contributed by atoms with Crippen LogP contribution in [0.2, 0.25) is 0 Å². The van der Waals surface area contributed by atoms with Gasteiger partial charge in [-0.15, -0.1) is 11.6 Å². The Morgan fingerprint density at radius 3 is 2.90 bits per heavy atom. The number of halogens is 2. The molecule has 20 heavy (non-hydrogen) atoms. The summed E-state index contributed by atoms with van der Waals surface area (Å²) in [6, 6.07) is 4.56. The molecule has 1 fully saturated rings. The monoisotopic (exact) mass is 299 g/mol. The normalized spacial score (nSPS) is 21.9. The number of amides is 1. The second-order valence-electron chi connectivity index (χ2n) is 5.82. The fraction of sp³-hybridized carbons (Fsp3) is 0.533. The zero-order chi connectivity index (χ0) is 14.9. The molecule has 0 saturated carbocycles. The summed E-state index contributed by atoms with van der Waals surface area (Å²) in [5.74, 6) is -0.492. The molecule has 5 heteroatoms. The van der Waals surface area contributed by atoms with Crippen LogP contribution in [-0.2, 0) is 4.74 Å². The van der Waals surface area contributed by atoms with Gasteiger partial charge in [0, 0.05) is 13.1 Å². The molecule has 1 amide bonds. The lowest BCUT2D eigenvalue weighted by atomic mass is 10.0. The number of hydrogen-bond donors (Lipinski definition) is 0. The van der Waals surface area contributed by atoms with E-state index < -0.39 is 11.4 Å². The maximum absolute atomic E-state index is 13.8. The van der Waals surface area contributed by atoms with E-state index in [1.807, 2.05) is 20.8 Å². The Bertz CT molecular complexity index is 519. The number of ether oxygens (including phenoxy) is 1. The summed E-state index contributed by atoms with van der Waals surface area (Å²) in [5.41, 5.74) is 0.487. The molecule has 1 aromatic rings. The predicted octanol–water partition coefficient (Wildman–Crippen LogP) is 2.99. The number of rotatable bonds is 2. The topological polar surface area (TPSA) is 29.5 Å². The third-order valence-electron chi connectivity index (χ3n) is 3.29. The van der Waals surface area contributed by atoms with Gasteiger partial charge in [-0.05, 0) is 32.9 Å². The van der Waals surface area contributed by atoms with Gasteiger partial charge in [0.05, 0.1) is 23.1 Å². The highest BCUT2D eigenvalue weighted by molar-refractivity contribution is 6.18. The van der Waals surface area contributed by atoms with Crippen molar-refractivity contribution >= 4 is 17.5 Å². The van der Waals surface area contributed by atoms with Gasteiger partial charge >= 0.3 is 0 Å². The third-order valence-corrected chi connectivity index (χ3v) is 3.64. The summed E-state index contributed by atoms with van der Waals surface area (Å²) in [6.07, 6.45) is -0.225. The van der Waals surface area contributed by atoms with Gasteiger partial charge in [-0.3, -0.25) is 4.79 Å². The lowest BCUT2D eigenvalue weighted by Gasteiger charge is -2.42. The Kier molecular flexibility index (Phi) is 4.35. The number of carbonyl (C=O) groups is 1. The number of carbonyl (C=O) groups excluding carboxylic acids is 1. The molecule has 1 heterocycles. The van der Waals surface area contributed by atoms with Crippen molar-refractivity contribution < 1.29 is 13.9 Å². The van der Waals surface area contributed by atoms with E-state index in [9.17, 15) is 9.18 Å². The zero-order valence-corrected chi connectivity index (χ0v) is 12.7. The van der Waals surface area contributed by atoms with Gasteiger partial charge in [0.1, 0.15) is 5.82 Å². The molecule has 0 bridgehead atoms. The molecular weight excluding hydrogens is 281 g/mol. The molecule has 110 valence electrons. The Hall–Kier alpha value is -1.13. The summed E-state index contributed by atoms with van der Waals surface area (Å²) in [6.45, 7) is 6.45. The van der Waals surface area contributed by atoms with Gasteiger partial charge in [0.2, 0.25) is 0 Å². The van der Waals surface area contributed by atoms with Crippen molar-refractivity contribution in [2.45, 2.75) is 32.5 Å². The fourth-order valence-electron chi connectivity index (χ4n) is 2.50. The first-order valence-electron chi connectivity index (χ1n) is 6.61. The van der Waals surface area contributed by atoms with Crippen molar-refractivity contribution in [2.24, 2.45) is 0 Å². The van der Waals surface area contributed by atoms with Gasteiger partial charge in [-0.2, -0.15) is 0 Å². The molecule has 0 spiro atoms. The zero-order valence-electron chi connectivity index (χ0n) is 12.0. The molecule has 1 saturated heterocycles. The molecule has 1 aliphatic rings. The van der Waals surface area contributed by atoms with Crippen molar-refractivity contribution in [3.63, 3.8) is 0 Å². The highest BCUT2D eigenvalue weighted by atomic mass is 35.5. The lowest BCUT2D eigenvalue weighted by molar-refractivity contribution is -0.117. The maximum Gasteiger partial charge on any atom is 0.257 e. The minimum atomic E-state index is -0.493. The molecule has 1 aliphatic heterocycles. The largest absolute Gasteiger partial charge is 0.367 e. The first-order valence-corrected chi connectivity index (χ1v) is 7.15. The van der Waals surface area contributed by atoms with Crippen LogP contribution in [0.15, 0.2) is 18.2 Å². The second-order valence-corrected chi connectivity index (χ2v) is 6.13. The fourth-order valence-corrected chi connectivity index (χ4v) is 2.66. The minimum absolute atomic E-state index is 0.107. The smallest absolute Gasteiger partial charge is 0.257 e. The van der Waals surface area contributed by atoms with E-state index in [1.54, 1.807) is 17.0 Å². The average Bonchev–Trinajstić information content (AvgIpc) is 2.38. The van der Waals surface area contributed by atoms with Crippen LogP contribution in [0.25, 0.3) is 0 Å². The lowest BCUT2D eigenvalue weighted by Crippen LogP contribution is -2.55. The summed E-state index contributed by atoms with van der Waals surface area (Å²) in [7, 11) is 0. The maximum atomic E-state index is 13.8. The van der Waals surface area contributed by atoms with E-state index in [1.165, 1.54) is 6.07 Å². The number of benzene rings is 1. The summed E-state index contributed by atoms with van der Waals surface area (Å²) < 4.78 is 19.6. The van der Waals surface area contributed by atoms with Gasteiger partial charge in [0.25, 0.3) is 5.91 Å². The van der Waals surface area contributed by atoms with E-state index in [2.05, 4.69) is 0 Å². The third kappa shape index (κ3) is 3.30. The molecule has 0 N–H and O–H groups in total. The van der Waals surface area contributed by atoms with Crippen molar-refractivity contribution in [3.05, 3.63) is 35.1 Å². The van der Waals surface area contributed by atoms with E-state index in [-0.39, 0.29) is 17.6 Å². The first-order chi connectivity index (χ1) is 9.32. The number of hydrogen-bond acceptors (Lipinski definition) is 2. The molecule has 1 unspecified atom stereocenters. The quantitative estimate of drug-likeness (QED) is 0.786. The van der Waals surface area contributed by atoms with Crippen molar-refractivity contribution in [1.82, 2.24) is 4.90 Å². The van der Waals surface area contributed by atoms with Crippen LogP contribution in [0.4, 0.5) is 4.39 Å². The van der Waals surface area contributed by atoms with Crippen LogP contribution in [0.1, 0.15) is 29.8 Å². The molecule has 3 nitrogen and oxygen atoms in total. The molecule has 0 aromatic heterocycles. The summed E-state index contributed by atoms with van der Waals surface area (Å²) in [4.78, 5) is 14.1.